The van der Waals surface area contributed by atoms with Crippen LogP contribution in [0.15, 0.2) is 82.0 Å². The summed E-state index contributed by atoms with van der Waals surface area (Å²) in [7, 11) is 3.16. The van der Waals surface area contributed by atoms with Crippen LogP contribution >= 0.6 is 0 Å². The van der Waals surface area contributed by atoms with Crippen LogP contribution in [-0.4, -0.2) is 20.1 Å². The van der Waals surface area contributed by atoms with Crippen molar-refractivity contribution in [3.8, 4) is 22.8 Å². The number of rotatable bonds is 5. The number of fused-ring (bicyclic) bond motifs is 1. The van der Waals surface area contributed by atoms with Crippen LogP contribution in [0.4, 0.5) is 5.69 Å². The van der Waals surface area contributed by atoms with Crippen LogP contribution in [0.1, 0.15) is 10.4 Å². The summed E-state index contributed by atoms with van der Waals surface area (Å²) in [4.78, 5) is 25.1. The number of hydrogen-bond acceptors (Lipinski definition) is 5. The molecular formula is C24H19NO5. The predicted octanol–water partition coefficient (Wildman–Crippen LogP) is 4.73. The number of nitrogens with one attached hydrogen (secondary N) is 1. The lowest BCUT2D eigenvalue weighted by molar-refractivity contribution is 0.102. The van der Waals surface area contributed by atoms with Gasteiger partial charge in [-0.05, 0) is 66.7 Å². The minimum Gasteiger partial charge on any atom is -0.497 e. The standard InChI is InChI=1S/C24H19NO5/c1-28-18-8-3-15(4-9-18)23-14-21(26)20-13-17(7-12-22(20)30-23)25-24(27)16-5-10-19(29-2)11-6-16/h3-14H,1-2H3,(H,25,27). The van der Waals surface area contributed by atoms with E-state index in [0.29, 0.717) is 33.7 Å². The van der Waals surface area contributed by atoms with Crippen LogP contribution in [0, 0.1) is 0 Å². The van der Waals surface area contributed by atoms with Crippen LogP contribution in [0.2, 0.25) is 0 Å². The van der Waals surface area contributed by atoms with E-state index in [2.05, 4.69) is 5.32 Å². The van der Waals surface area contributed by atoms with E-state index in [1.807, 2.05) is 12.1 Å². The molecule has 150 valence electrons. The van der Waals surface area contributed by atoms with E-state index in [1.54, 1.807) is 68.8 Å². The normalized spacial score (nSPS) is 10.6. The molecule has 0 saturated carbocycles. The van der Waals surface area contributed by atoms with E-state index in [4.69, 9.17) is 13.9 Å². The molecule has 6 heteroatoms. The highest BCUT2D eigenvalue weighted by Gasteiger charge is 2.11. The summed E-state index contributed by atoms with van der Waals surface area (Å²) in [6, 6.07) is 20.5. The van der Waals surface area contributed by atoms with E-state index in [9.17, 15) is 9.59 Å². The number of ether oxygens (including phenoxy) is 2. The van der Waals surface area contributed by atoms with E-state index < -0.39 is 0 Å². The Morgan fingerprint density at radius 3 is 2.10 bits per heavy atom. The second kappa shape index (κ2) is 8.13. The van der Waals surface area contributed by atoms with E-state index in [-0.39, 0.29) is 11.3 Å². The number of carbonyl (C=O) groups excluding carboxylic acids is 1. The summed E-state index contributed by atoms with van der Waals surface area (Å²) >= 11 is 0. The van der Waals surface area contributed by atoms with Crippen molar-refractivity contribution in [2.45, 2.75) is 0 Å². The molecule has 0 aliphatic rings. The van der Waals surface area contributed by atoms with Crippen molar-refractivity contribution < 1.29 is 18.7 Å². The Kier molecular flexibility index (Phi) is 5.22. The number of amides is 1. The lowest BCUT2D eigenvalue weighted by Crippen LogP contribution is -2.12. The first kappa shape index (κ1) is 19.3. The molecule has 0 aliphatic carbocycles. The Morgan fingerprint density at radius 2 is 1.47 bits per heavy atom. The molecule has 4 aromatic rings. The third kappa shape index (κ3) is 3.89. The smallest absolute Gasteiger partial charge is 0.255 e. The number of carbonyl (C=O) groups is 1. The molecule has 3 aromatic carbocycles. The lowest BCUT2D eigenvalue weighted by atomic mass is 10.1. The van der Waals surface area contributed by atoms with Crippen molar-refractivity contribution in [3.05, 3.63) is 88.6 Å². The van der Waals surface area contributed by atoms with E-state index in [1.165, 1.54) is 6.07 Å². The van der Waals surface area contributed by atoms with Gasteiger partial charge in [-0.3, -0.25) is 9.59 Å². The SMILES string of the molecule is COc1ccc(C(=O)Nc2ccc3oc(-c4ccc(OC)cc4)cc(=O)c3c2)cc1. The van der Waals surface area contributed by atoms with Gasteiger partial charge < -0.3 is 19.2 Å². The van der Waals surface area contributed by atoms with Gasteiger partial charge in [0.25, 0.3) is 5.91 Å². The number of benzene rings is 3. The summed E-state index contributed by atoms with van der Waals surface area (Å²) in [5.74, 6) is 1.57. The molecule has 1 N–H and O–H groups in total. The van der Waals surface area contributed by atoms with Crippen LogP contribution in [0.3, 0.4) is 0 Å². The van der Waals surface area contributed by atoms with Crippen LogP contribution in [0.5, 0.6) is 11.5 Å². The van der Waals surface area contributed by atoms with Gasteiger partial charge in [0.15, 0.2) is 5.43 Å². The Bertz CT molecular complexity index is 1260. The van der Waals surface area contributed by atoms with Gasteiger partial charge in [-0.1, -0.05) is 0 Å². The fraction of sp³-hybridized carbons (Fsp3) is 0.0833. The van der Waals surface area contributed by atoms with Crippen molar-refractivity contribution in [2.24, 2.45) is 0 Å². The van der Waals surface area contributed by atoms with E-state index in [0.717, 1.165) is 11.3 Å². The maximum atomic E-state index is 12.7. The molecule has 0 spiro atoms. The lowest BCUT2D eigenvalue weighted by Gasteiger charge is -2.08. The quantitative estimate of drug-likeness (QED) is 0.523. The number of methoxy groups -OCH3 is 2. The molecule has 1 amide bonds. The number of anilines is 1. The largest absolute Gasteiger partial charge is 0.497 e. The first-order valence-corrected chi connectivity index (χ1v) is 9.25. The first-order valence-electron chi connectivity index (χ1n) is 9.25. The first-order chi connectivity index (χ1) is 14.6. The summed E-state index contributed by atoms with van der Waals surface area (Å²) < 4.78 is 16.2. The van der Waals surface area contributed by atoms with Crippen LogP contribution in [-0.2, 0) is 0 Å². The van der Waals surface area contributed by atoms with Gasteiger partial charge in [0.05, 0.1) is 19.6 Å². The van der Waals surface area contributed by atoms with Crippen molar-refractivity contribution in [2.75, 3.05) is 19.5 Å². The van der Waals surface area contributed by atoms with Gasteiger partial charge >= 0.3 is 0 Å². The maximum absolute atomic E-state index is 12.7. The Balaban J connectivity index is 1.61. The molecule has 0 aliphatic heterocycles. The van der Waals surface area contributed by atoms with Crippen LogP contribution < -0.4 is 20.2 Å². The molecule has 0 fully saturated rings. The second-order valence-corrected chi connectivity index (χ2v) is 6.60. The zero-order valence-corrected chi connectivity index (χ0v) is 16.5. The van der Waals surface area contributed by atoms with Crippen molar-refractivity contribution >= 4 is 22.6 Å². The van der Waals surface area contributed by atoms with Gasteiger partial charge in [-0.15, -0.1) is 0 Å². The highest BCUT2D eigenvalue weighted by molar-refractivity contribution is 6.05. The maximum Gasteiger partial charge on any atom is 0.255 e. The van der Waals surface area contributed by atoms with Gasteiger partial charge in [0.1, 0.15) is 22.8 Å². The van der Waals surface area contributed by atoms with Crippen LogP contribution in [0.25, 0.3) is 22.3 Å². The molecule has 6 nitrogen and oxygen atoms in total. The molecule has 1 heterocycles. The fourth-order valence-corrected chi connectivity index (χ4v) is 3.08. The van der Waals surface area contributed by atoms with Crippen molar-refractivity contribution in [3.63, 3.8) is 0 Å². The Morgan fingerprint density at radius 1 is 0.833 bits per heavy atom. The summed E-state index contributed by atoms with van der Waals surface area (Å²) in [5.41, 5.74) is 2.01. The third-order valence-corrected chi connectivity index (χ3v) is 4.71. The summed E-state index contributed by atoms with van der Waals surface area (Å²) in [5, 5.41) is 3.19. The molecule has 30 heavy (non-hydrogen) atoms. The summed E-state index contributed by atoms with van der Waals surface area (Å²) in [6.45, 7) is 0. The zero-order valence-electron chi connectivity index (χ0n) is 16.5. The monoisotopic (exact) mass is 401 g/mol. The average Bonchev–Trinajstić information content (AvgIpc) is 2.79. The molecule has 0 saturated heterocycles. The molecule has 0 bridgehead atoms. The molecular weight excluding hydrogens is 382 g/mol. The van der Waals surface area contributed by atoms with E-state index >= 15 is 0 Å². The minimum absolute atomic E-state index is 0.192. The fourth-order valence-electron chi connectivity index (χ4n) is 3.08. The van der Waals surface area contributed by atoms with Gasteiger partial charge in [-0.25, -0.2) is 0 Å². The second-order valence-electron chi connectivity index (χ2n) is 6.60. The average molecular weight is 401 g/mol. The van der Waals surface area contributed by atoms with Gasteiger partial charge in [0, 0.05) is 22.9 Å². The highest BCUT2D eigenvalue weighted by atomic mass is 16.5. The number of hydrogen-bond donors (Lipinski definition) is 1. The predicted molar refractivity (Wildman–Crippen MR) is 115 cm³/mol. The molecule has 0 unspecified atom stereocenters. The zero-order chi connectivity index (χ0) is 21.1. The topological polar surface area (TPSA) is 77.8 Å². The molecule has 0 radical (unpaired) electrons. The Hall–Kier alpha value is -4.06. The van der Waals surface area contributed by atoms with Crippen molar-refractivity contribution in [1.82, 2.24) is 0 Å². The minimum atomic E-state index is -0.281. The van der Waals surface area contributed by atoms with Crippen molar-refractivity contribution in [1.29, 1.82) is 0 Å². The highest BCUT2D eigenvalue weighted by Crippen LogP contribution is 2.26. The van der Waals surface area contributed by atoms with Gasteiger partial charge in [-0.2, -0.15) is 0 Å². The molecule has 1 aromatic heterocycles. The molecule has 0 atom stereocenters. The molecule has 4 rings (SSSR count). The third-order valence-electron chi connectivity index (χ3n) is 4.71. The Labute approximate surface area is 172 Å². The summed E-state index contributed by atoms with van der Waals surface area (Å²) in [6.07, 6.45) is 0. The van der Waals surface area contributed by atoms with Gasteiger partial charge in [0.2, 0.25) is 0 Å².